The molecule has 2 aromatic heterocycles. The summed E-state index contributed by atoms with van der Waals surface area (Å²) in [6.07, 6.45) is 1.42. The minimum absolute atomic E-state index is 0.0400. The molecular weight excluding hydrogens is 356 g/mol. The number of anilines is 2. The normalized spacial score (nSPS) is 11.1. The Morgan fingerprint density at radius 3 is 2.29 bits per heavy atom. The summed E-state index contributed by atoms with van der Waals surface area (Å²) in [6.45, 7) is 8.11. The first-order chi connectivity index (χ1) is 13.2. The van der Waals surface area contributed by atoms with Gasteiger partial charge in [0, 0.05) is 23.5 Å². The molecule has 28 heavy (non-hydrogen) atoms. The lowest BCUT2D eigenvalue weighted by molar-refractivity contribution is 0.102. The fourth-order valence-electron chi connectivity index (χ4n) is 2.56. The number of benzene rings is 1. The molecule has 0 saturated heterocycles. The van der Waals surface area contributed by atoms with Gasteiger partial charge in [-0.05, 0) is 42.2 Å². The van der Waals surface area contributed by atoms with Crippen molar-refractivity contribution in [2.24, 2.45) is 0 Å². The van der Waals surface area contributed by atoms with Gasteiger partial charge >= 0.3 is 0 Å². The van der Waals surface area contributed by atoms with Crippen molar-refractivity contribution in [2.75, 3.05) is 10.6 Å². The zero-order valence-electron chi connectivity index (χ0n) is 16.2. The summed E-state index contributed by atoms with van der Waals surface area (Å²) in [5, 5.41) is 9.11. The van der Waals surface area contributed by atoms with Crippen LogP contribution in [0.25, 0.3) is 0 Å². The number of nitrogens with one attached hydrogen (secondary N) is 2. The Balaban J connectivity index is 1.70. The first kappa shape index (κ1) is 19.3. The van der Waals surface area contributed by atoms with Crippen LogP contribution in [-0.2, 0) is 5.41 Å². The van der Waals surface area contributed by atoms with Gasteiger partial charge in [-0.3, -0.25) is 14.6 Å². The molecule has 0 radical (unpaired) electrons. The fourth-order valence-corrected chi connectivity index (χ4v) is 2.56. The Labute approximate surface area is 163 Å². The minimum Gasteiger partial charge on any atom is -0.360 e. The molecule has 7 nitrogen and oxygen atoms in total. The zero-order chi connectivity index (χ0) is 20.3. The standard InChI is InChI=1S/C21H22N4O3/c1-13-11-18(25-28-13)24-20(27)17-12-14(9-10-22-17)19(26)23-16-7-5-15(6-8-16)21(2,3)4/h5-12H,1-4H3,(H,23,26)(H,24,25,27). The van der Waals surface area contributed by atoms with Crippen LogP contribution in [0.2, 0.25) is 0 Å². The second-order valence-electron chi connectivity index (χ2n) is 7.49. The Kier molecular flexibility index (Phi) is 5.26. The third kappa shape index (κ3) is 4.62. The molecule has 1 aromatic carbocycles. The SMILES string of the molecule is Cc1cc(NC(=O)c2cc(C(=O)Nc3ccc(C(C)(C)C)cc3)ccn2)no1. The van der Waals surface area contributed by atoms with E-state index < -0.39 is 5.91 Å². The van der Waals surface area contributed by atoms with E-state index in [1.54, 1.807) is 19.1 Å². The smallest absolute Gasteiger partial charge is 0.275 e. The molecule has 0 bridgehead atoms. The van der Waals surface area contributed by atoms with Crippen molar-refractivity contribution in [3.63, 3.8) is 0 Å². The van der Waals surface area contributed by atoms with Gasteiger partial charge in [-0.15, -0.1) is 0 Å². The quantitative estimate of drug-likeness (QED) is 0.710. The number of carbonyl (C=O) groups is 2. The summed E-state index contributed by atoms with van der Waals surface area (Å²) >= 11 is 0. The van der Waals surface area contributed by atoms with E-state index in [2.05, 4.69) is 41.5 Å². The molecule has 0 aliphatic rings. The van der Waals surface area contributed by atoms with Crippen LogP contribution in [0.1, 0.15) is 52.9 Å². The van der Waals surface area contributed by atoms with E-state index >= 15 is 0 Å². The molecule has 0 fully saturated rings. The molecule has 0 spiro atoms. The van der Waals surface area contributed by atoms with Gasteiger partial charge in [0.25, 0.3) is 11.8 Å². The molecule has 0 aliphatic heterocycles. The average Bonchev–Trinajstić information content (AvgIpc) is 3.06. The molecule has 3 rings (SSSR count). The number of carbonyl (C=O) groups excluding carboxylic acids is 2. The van der Waals surface area contributed by atoms with Crippen LogP contribution >= 0.6 is 0 Å². The van der Waals surface area contributed by atoms with E-state index in [0.29, 0.717) is 17.0 Å². The third-order valence-corrected chi connectivity index (χ3v) is 4.13. The highest BCUT2D eigenvalue weighted by Crippen LogP contribution is 2.23. The second-order valence-corrected chi connectivity index (χ2v) is 7.49. The molecule has 2 amide bonds. The van der Waals surface area contributed by atoms with Crippen LogP contribution < -0.4 is 10.6 Å². The summed E-state index contributed by atoms with van der Waals surface area (Å²) < 4.78 is 4.91. The van der Waals surface area contributed by atoms with E-state index in [-0.39, 0.29) is 22.8 Å². The van der Waals surface area contributed by atoms with E-state index in [0.717, 1.165) is 0 Å². The monoisotopic (exact) mass is 378 g/mol. The fraction of sp³-hybridized carbons (Fsp3) is 0.238. The number of pyridine rings is 1. The maximum absolute atomic E-state index is 12.5. The largest absolute Gasteiger partial charge is 0.360 e. The first-order valence-corrected chi connectivity index (χ1v) is 8.85. The van der Waals surface area contributed by atoms with Crippen LogP contribution in [-0.4, -0.2) is 22.0 Å². The number of amides is 2. The van der Waals surface area contributed by atoms with E-state index in [9.17, 15) is 9.59 Å². The van der Waals surface area contributed by atoms with Crippen molar-refractivity contribution in [2.45, 2.75) is 33.1 Å². The molecule has 0 saturated carbocycles. The van der Waals surface area contributed by atoms with Crippen LogP contribution in [0.5, 0.6) is 0 Å². The van der Waals surface area contributed by atoms with Crippen molar-refractivity contribution in [3.8, 4) is 0 Å². The molecular formula is C21H22N4O3. The van der Waals surface area contributed by atoms with Crippen LogP contribution in [0, 0.1) is 6.92 Å². The number of aromatic nitrogens is 2. The van der Waals surface area contributed by atoms with Crippen molar-refractivity contribution < 1.29 is 14.1 Å². The van der Waals surface area contributed by atoms with Crippen LogP contribution in [0.15, 0.2) is 53.2 Å². The predicted octanol–water partition coefficient (Wildman–Crippen LogP) is 4.18. The molecule has 3 aromatic rings. The summed E-state index contributed by atoms with van der Waals surface area (Å²) in [7, 11) is 0. The van der Waals surface area contributed by atoms with Gasteiger partial charge in [0.15, 0.2) is 5.82 Å². The number of nitrogens with zero attached hydrogens (tertiary/aromatic N) is 2. The van der Waals surface area contributed by atoms with Crippen molar-refractivity contribution in [3.05, 3.63) is 71.2 Å². The predicted molar refractivity (Wildman–Crippen MR) is 107 cm³/mol. The third-order valence-electron chi connectivity index (χ3n) is 4.13. The van der Waals surface area contributed by atoms with Crippen LogP contribution in [0.4, 0.5) is 11.5 Å². The average molecular weight is 378 g/mol. The lowest BCUT2D eigenvalue weighted by atomic mass is 9.87. The summed E-state index contributed by atoms with van der Waals surface area (Å²) in [4.78, 5) is 28.9. The second kappa shape index (κ2) is 7.64. The molecule has 2 N–H and O–H groups in total. The highest BCUT2D eigenvalue weighted by Gasteiger charge is 2.15. The number of aryl methyl sites for hydroxylation is 1. The summed E-state index contributed by atoms with van der Waals surface area (Å²) in [5.41, 5.74) is 2.33. The Morgan fingerprint density at radius 2 is 1.68 bits per heavy atom. The Morgan fingerprint density at radius 1 is 0.964 bits per heavy atom. The van der Waals surface area contributed by atoms with Gasteiger partial charge in [0.1, 0.15) is 11.5 Å². The maximum atomic E-state index is 12.5. The Bertz CT molecular complexity index is 1000. The number of rotatable bonds is 4. The number of hydrogen-bond acceptors (Lipinski definition) is 5. The van der Waals surface area contributed by atoms with E-state index in [1.165, 1.54) is 17.8 Å². The highest BCUT2D eigenvalue weighted by atomic mass is 16.5. The lowest BCUT2D eigenvalue weighted by Gasteiger charge is -2.19. The summed E-state index contributed by atoms with van der Waals surface area (Å²) in [6, 6.07) is 12.3. The van der Waals surface area contributed by atoms with Gasteiger partial charge in [0.2, 0.25) is 0 Å². The maximum Gasteiger partial charge on any atom is 0.275 e. The minimum atomic E-state index is -0.475. The van der Waals surface area contributed by atoms with E-state index in [1.807, 2.05) is 24.3 Å². The van der Waals surface area contributed by atoms with Crippen molar-refractivity contribution >= 4 is 23.3 Å². The molecule has 7 heteroatoms. The molecule has 2 heterocycles. The van der Waals surface area contributed by atoms with Crippen molar-refractivity contribution in [1.82, 2.24) is 10.1 Å². The number of hydrogen-bond donors (Lipinski definition) is 2. The lowest BCUT2D eigenvalue weighted by Crippen LogP contribution is -2.17. The van der Waals surface area contributed by atoms with Crippen LogP contribution in [0.3, 0.4) is 0 Å². The van der Waals surface area contributed by atoms with Gasteiger partial charge in [-0.25, -0.2) is 0 Å². The van der Waals surface area contributed by atoms with Crippen molar-refractivity contribution in [1.29, 1.82) is 0 Å². The van der Waals surface area contributed by atoms with Gasteiger partial charge in [-0.2, -0.15) is 0 Å². The van der Waals surface area contributed by atoms with E-state index in [4.69, 9.17) is 4.52 Å². The molecule has 144 valence electrons. The molecule has 0 atom stereocenters. The zero-order valence-corrected chi connectivity index (χ0v) is 16.2. The van der Waals surface area contributed by atoms with Gasteiger partial charge < -0.3 is 15.2 Å². The first-order valence-electron chi connectivity index (χ1n) is 8.85. The summed E-state index contributed by atoms with van der Waals surface area (Å²) in [5.74, 6) is 0.0710. The van der Waals surface area contributed by atoms with Gasteiger partial charge in [-0.1, -0.05) is 38.1 Å². The Hall–Kier alpha value is -3.48. The molecule has 0 aliphatic carbocycles. The topological polar surface area (TPSA) is 97.1 Å². The van der Waals surface area contributed by atoms with Gasteiger partial charge in [0.05, 0.1) is 0 Å². The molecule has 0 unspecified atom stereocenters. The highest BCUT2D eigenvalue weighted by molar-refractivity contribution is 6.07.